The first-order valence-electron chi connectivity index (χ1n) is 10.9. The van der Waals surface area contributed by atoms with Gasteiger partial charge in [-0.2, -0.15) is 0 Å². The third-order valence-electron chi connectivity index (χ3n) is 5.98. The van der Waals surface area contributed by atoms with Gasteiger partial charge in [-0.05, 0) is 37.4 Å². The standard InChI is InChI=1S/C24H21Cl2F2N5OS/c1-31-7-9-32(10-8-31)20-12-19-18(30-23(20)35-21-6-5-14(27)11-17(21)28)13-29-24(34)33(19)22-15(25)3-2-4-16(22)26/h2-6,11-12H,7-10,13H2,1H3,(H,29,34). The average Bonchev–Trinajstić information content (AvgIpc) is 2.82. The van der Waals surface area contributed by atoms with Crippen LogP contribution < -0.4 is 15.1 Å². The minimum absolute atomic E-state index is 0.190. The molecular formula is C24H21Cl2F2N5OS. The van der Waals surface area contributed by atoms with E-state index in [2.05, 4.69) is 22.2 Å². The fourth-order valence-electron chi connectivity index (χ4n) is 4.12. The fourth-order valence-corrected chi connectivity index (χ4v) is 5.63. The van der Waals surface area contributed by atoms with Crippen molar-refractivity contribution in [2.24, 2.45) is 0 Å². The Morgan fingerprint density at radius 2 is 1.71 bits per heavy atom. The number of aromatic nitrogens is 1. The summed E-state index contributed by atoms with van der Waals surface area (Å²) < 4.78 is 28.0. The van der Waals surface area contributed by atoms with Gasteiger partial charge in [-0.25, -0.2) is 18.6 Å². The number of para-hydroxylation sites is 1. The summed E-state index contributed by atoms with van der Waals surface area (Å²) in [6, 6.07) is 10.0. The Hall–Kier alpha value is -2.59. The van der Waals surface area contributed by atoms with Crippen LogP contribution in [0.4, 0.5) is 30.6 Å². The molecule has 2 aliphatic heterocycles. The fraction of sp³-hybridized carbons (Fsp3) is 0.250. The van der Waals surface area contributed by atoms with E-state index in [4.69, 9.17) is 28.2 Å². The molecule has 3 aromatic rings. The number of nitrogens with zero attached hydrogens (tertiary/aromatic N) is 4. The molecule has 11 heteroatoms. The molecule has 1 saturated heterocycles. The van der Waals surface area contributed by atoms with Gasteiger partial charge in [0.1, 0.15) is 16.7 Å². The molecule has 2 aliphatic rings. The highest BCUT2D eigenvalue weighted by Gasteiger charge is 2.32. The number of benzene rings is 2. The van der Waals surface area contributed by atoms with Crippen molar-refractivity contribution in [3.63, 3.8) is 0 Å². The van der Waals surface area contributed by atoms with Gasteiger partial charge >= 0.3 is 6.03 Å². The van der Waals surface area contributed by atoms with Crippen molar-refractivity contribution in [2.75, 3.05) is 43.0 Å². The van der Waals surface area contributed by atoms with Crippen LogP contribution in [-0.2, 0) is 6.54 Å². The highest BCUT2D eigenvalue weighted by Crippen LogP contribution is 2.44. The summed E-state index contributed by atoms with van der Waals surface area (Å²) in [4.78, 5) is 23.9. The van der Waals surface area contributed by atoms with E-state index in [1.807, 2.05) is 6.07 Å². The van der Waals surface area contributed by atoms with Crippen molar-refractivity contribution in [3.05, 3.63) is 69.8 Å². The van der Waals surface area contributed by atoms with Crippen molar-refractivity contribution in [1.29, 1.82) is 0 Å². The number of hydrogen-bond acceptors (Lipinski definition) is 5. The van der Waals surface area contributed by atoms with Gasteiger partial charge in [0.05, 0.1) is 39.3 Å². The molecule has 0 atom stereocenters. The van der Waals surface area contributed by atoms with Gasteiger partial charge < -0.3 is 15.1 Å². The van der Waals surface area contributed by atoms with E-state index in [0.717, 1.165) is 49.7 Å². The Labute approximate surface area is 215 Å². The highest BCUT2D eigenvalue weighted by atomic mass is 35.5. The van der Waals surface area contributed by atoms with Gasteiger partial charge in [0.15, 0.2) is 0 Å². The lowest BCUT2D eigenvalue weighted by Gasteiger charge is -2.37. The molecule has 2 aromatic carbocycles. The Morgan fingerprint density at radius 3 is 2.40 bits per heavy atom. The number of hydrogen-bond donors (Lipinski definition) is 1. The summed E-state index contributed by atoms with van der Waals surface area (Å²) in [5.74, 6) is -1.30. The lowest BCUT2D eigenvalue weighted by atomic mass is 10.1. The number of anilines is 3. The lowest BCUT2D eigenvalue weighted by Crippen LogP contribution is -2.45. The van der Waals surface area contributed by atoms with Crippen LogP contribution in [0, 0.1) is 11.6 Å². The second kappa shape index (κ2) is 9.81. The van der Waals surface area contributed by atoms with Crippen LogP contribution in [-0.4, -0.2) is 49.1 Å². The van der Waals surface area contributed by atoms with Crippen LogP contribution in [0.15, 0.2) is 52.4 Å². The van der Waals surface area contributed by atoms with E-state index in [0.29, 0.717) is 32.1 Å². The molecule has 1 N–H and O–H groups in total. The maximum Gasteiger partial charge on any atom is 0.326 e. The maximum absolute atomic E-state index is 14.5. The zero-order chi connectivity index (χ0) is 24.7. The average molecular weight is 536 g/mol. The molecule has 0 unspecified atom stereocenters. The predicted octanol–water partition coefficient (Wildman–Crippen LogP) is 5.93. The molecule has 0 spiro atoms. The number of carbonyl (C=O) groups excluding carboxylic acids is 1. The smallest absolute Gasteiger partial charge is 0.326 e. The molecule has 0 aliphatic carbocycles. The number of amides is 2. The van der Waals surface area contributed by atoms with Gasteiger partial charge in [0.25, 0.3) is 0 Å². The van der Waals surface area contributed by atoms with E-state index in [1.54, 1.807) is 18.2 Å². The molecule has 2 amide bonds. The molecule has 3 heterocycles. The summed E-state index contributed by atoms with van der Waals surface area (Å²) in [7, 11) is 2.05. The van der Waals surface area contributed by atoms with Gasteiger partial charge in [-0.1, -0.05) is 41.0 Å². The number of rotatable bonds is 4. The Morgan fingerprint density at radius 1 is 1.00 bits per heavy atom. The van der Waals surface area contributed by atoms with Gasteiger partial charge in [-0.3, -0.25) is 4.90 Å². The van der Waals surface area contributed by atoms with E-state index >= 15 is 0 Å². The number of carbonyl (C=O) groups is 1. The number of piperazine rings is 1. The first kappa shape index (κ1) is 24.1. The Bertz CT molecular complexity index is 1280. The van der Waals surface area contributed by atoms with E-state index in [1.165, 1.54) is 17.0 Å². The molecule has 1 fully saturated rings. The van der Waals surface area contributed by atoms with E-state index in [9.17, 15) is 13.6 Å². The molecular weight excluding hydrogens is 515 g/mol. The predicted molar refractivity (Wildman–Crippen MR) is 135 cm³/mol. The summed E-state index contributed by atoms with van der Waals surface area (Å²) in [6.07, 6.45) is 0. The monoisotopic (exact) mass is 535 g/mol. The minimum Gasteiger partial charge on any atom is -0.367 e. The van der Waals surface area contributed by atoms with Crippen LogP contribution in [0.2, 0.25) is 10.0 Å². The number of likely N-dealkylation sites (N-methyl/N-ethyl adjacent to an activating group) is 1. The van der Waals surface area contributed by atoms with Crippen molar-refractivity contribution < 1.29 is 13.6 Å². The zero-order valence-electron chi connectivity index (χ0n) is 18.7. The normalized spacial score (nSPS) is 16.3. The molecule has 182 valence electrons. The van der Waals surface area contributed by atoms with E-state index < -0.39 is 11.6 Å². The minimum atomic E-state index is -0.656. The number of nitrogens with one attached hydrogen (secondary N) is 1. The largest absolute Gasteiger partial charge is 0.367 e. The van der Waals surface area contributed by atoms with Crippen molar-refractivity contribution >= 4 is 58.1 Å². The summed E-state index contributed by atoms with van der Waals surface area (Å²) in [6.45, 7) is 3.33. The third kappa shape index (κ3) is 4.78. The van der Waals surface area contributed by atoms with Crippen LogP contribution in [0.3, 0.4) is 0 Å². The number of fused-ring (bicyclic) bond motifs is 1. The second-order valence-electron chi connectivity index (χ2n) is 8.31. The molecule has 0 radical (unpaired) electrons. The summed E-state index contributed by atoms with van der Waals surface area (Å²) in [5.41, 5.74) is 2.27. The lowest BCUT2D eigenvalue weighted by molar-refractivity contribution is 0.246. The van der Waals surface area contributed by atoms with Crippen LogP contribution in [0.1, 0.15) is 5.69 Å². The van der Waals surface area contributed by atoms with Crippen LogP contribution >= 0.6 is 35.0 Å². The van der Waals surface area contributed by atoms with Gasteiger partial charge in [0, 0.05) is 37.1 Å². The number of pyridine rings is 1. The van der Waals surface area contributed by atoms with Crippen LogP contribution in [0.5, 0.6) is 0 Å². The zero-order valence-corrected chi connectivity index (χ0v) is 21.0. The Kier molecular flexibility index (Phi) is 6.76. The van der Waals surface area contributed by atoms with Crippen molar-refractivity contribution in [2.45, 2.75) is 16.5 Å². The number of urea groups is 1. The molecule has 0 saturated carbocycles. The molecule has 35 heavy (non-hydrogen) atoms. The topological polar surface area (TPSA) is 51.7 Å². The summed E-state index contributed by atoms with van der Waals surface area (Å²) >= 11 is 14.0. The molecule has 5 rings (SSSR count). The first-order valence-corrected chi connectivity index (χ1v) is 12.5. The van der Waals surface area contributed by atoms with Crippen molar-refractivity contribution in [3.8, 4) is 0 Å². The SMILES string of the molecule is CN1CCN(c2cc3c(nc2Sc2ccc(F)cc2F)CNC(=O)N3c2c(Cl)cccc2Cl)CC1. The second-order valence-corrected chi connectivity index (χ2v) is 10.2. The van der Waals surface area contributed by atoms with Crippen molar-refractivity contribution in [1.82, 2.24) is 15.2 Å². The van der Waals surface area contributed by atoms with Gasteiger partial charge in [-0.15, -0.1) is 0 Å². The number of halogens is 4. The van der Waals surface area contributed by atoms with Crippen LogP contribution in [0.25, 0.3) is 0 Å². The highest BCUT2D eigenvalue weighted by molar-refractivity contribution is 7.99. The maximum atomic E-state index is 14.5. The third-order valence-corrected chi connectivity index (χ3v) is 7.64. The molecule has 1 aromatic heterocycles. The first-order chi connectivity index (χ1) is 16.8. The van der Waals surface area contributed by atoms with E-state index in [-0.39, 0.29) is 17.5 Å². The Balaban J connectivity index is 1.64. The molecule has 6 nitrogen and oxygen atoms in total. The quantitative estimate of drug-likeness (QED) is 0.448. The summed E-state index contributed by atoms with van der Waals surface area (Å²) in [5, 5.41) is 4.03. The molecule has 0 bridgehead atoms. The van der Waals surface area contributed by atoms with Gasteiger partial charge in [0.2, 0.25) is 0 Å².